The number of hydrogen-bond donors (Lipinski definition) is 0. The van der Waals surface area contributed by atoms with Crippen LogP contribution in [-0.2, 0) is 0 Å². The fourth-order valence-electron chi connectivity index (χ4n) is 7.86. The zero-order valence-electron chi connectivity index (χ0n) is 26.7. The van der Waals surface area contributed by atoms with Crippen LogP contribution in [-0.4, -0.2) is 19.5 Å². The molecule has 0 fully saturated rings. The molecule has 0 spiro atoms. The molecule has 5 heteroatoms. The molecule has 0 radical (unpaired) electrons. The summed E-state index contributed by atoms with van der Waals surface area (Å²) in [5.41, 5.74) is 7.90. The molecule has 0 aliphatic heterocycles. The van der Waals surface area contributed by atoms with Gasteiger partial charge in [0.25, 0.3) is 0 Å². The summed E-state index contributed by atoms with van der Waals surface area (Å²) >= 11 is 0. The molecule has 5 nitrogen and oxygen atoms in total. The van der Waals surface area contributed by atoms with Crippen molar-refractivity contribution in [1.29, 1.82) is 0 Å². The third-order valence-corrected chi connectivity index (χ3v) is 9.98. The van der Waals surface area contributed by atoms with Gasteiger partial charge >= 0.3 is 0 Å². The minimum Gasteiger partial charge on any atom is -0.456 e. The Labute approximate surface area is 286 Å². The predicted octanol–water partition coefficient (Wildman–Crippen LogP) is 11.6. The van der Waals surface area contributed by atoms with Crippen molar-refractivity contribution in [1.82, 2.24) is 19.5 Å². The topological polar surface area (TPSA) is 56.7 Å². The van der Waals surface area contributed by atoms with E-state index in [9.17, 15) is 0 Å². The summed E-state index contributed by atoms with van der Waals surface area (Å²) in [4.78, 5) is 15.0. The molecule has 3 heterocycles. The Morgan fingerprint density at radius 3 is 1.58 bits per heavy atom. The number of aromatic nitrogens is 4. The van der Waals surface area contributed by atoms with Gasteiger partial charge in [-0.15, -0.1) is 0 Å². The van der Waals surface area contributed by atoms with Crippen LogP contribution in [0.2, 0.25) is 0 Å². The van der Waals surface area contributed by atoms with Crippen LogP contribution in [0.25, 0.3) is 105 Å². The lowest BCUT2D eigenvalue weighted by Gasteiger charge is -2.11. The van der Waals surface area contributed by atoms with E-state index < -0.39 is 0 Å². The molecule has 0 bridgehead atoms. The molecular formula is C45H26N4O. The molecule has 50 heavy (non-hydrogen) atoms. The van der Waals surface area contributed by atoms with E-state index in [0.717, 1.165) is 55.3 Å². The van der Waals surface area contributed by atoms with Crippen LogP contribution in [0, 0.1) is 0 Å². The maximum absolute atomic E-state index is 6.55. The zero-order valence-corrected chi connectivity index (χ0v) is 26.7. The molecule has 0 saturated heterocycles. The molecule has 0 atom stereocenters. The first kappa shape index (κ1) is 27.1. The molecule has 0 amide bonds. The van der Waals surface area contributed by atoms with E-state index in [0.29, 0.717) is 17.5 Å². The standard InChI is InChI=1S/C45H26N4O/c1-3-12-27(13-4-1)43-46-44(28-14-5-2-6-15-28)48-45(47-43)29-16-9-17-30(26-29)49-35-22-10-20-33-31-18-7-8-19-32(31)34-21-11-23-37-40(34)42-38(50-37)25-24-36(49)41(42)39(33)35/h1-26H. The monoisotopic (exact) mass is 638 g/mol. The number of rotatable bonds is 4. The molecule has 0 N–H and O–H groups in total. The van der Waals surface area contributed by atoms with E-state index in [1.165, 1.54) is 32.3 Å². The minimum atomic E-state index is 0.626. The molecule has 3 aromatic heterocycles. The molecular weight excluding hydrogens is 613 g/mol. The lowest BCUT2D eigenvalue weighted by atomic mass is 9.95. The Bertz CT molecular complexity index is 3030. The van der Waals surface area contributed by atoms with E-state index in [2.05, 4.69) is 102 Å². The average molecular weight is 639 g/mol. The van der Waals surface area contributed by atoms with Crippen LogP contribution in [0.15, 0.2) is 162 Å². The Kier molecular flexibility index (Phi) is 5.60. The summed E-state index contributed by atoms with van der Waals surface area (Å²) in [6.45, 7) is 0. The highest BCUT2D eigenvalue weighted by molar-refractivity contribution is 6.38. The first-order valence-corrected chi connectivity index (χ1v) is 16.8. The minimum absolute atomic E-state index is 0.626. The Morgan fingerprint density at radius 1 is 0.360 bits per heavy atom. The van der Waals surface area contributed by atoms with Crippen molar-refractivity contribution in [2.45, 2.75) is 0 Å². The van der Waals surface area contributed by atoms with Gasteiger partial charge in [-0.05, 0) is 57.9 Å². The molecule has 0 saturated carbocycles. The van der Waals surface area contributed by atoms with Crippen LogP contribution >= 0.6 is 0 Å². The molecule has 0 aliphatic rings. The lowest BCUT2D eigenvalue weighted by Crippen LogP contribution is -2.01. The third-order valence-electron chi connectivity index (χ3n) is 9.98. The van der Waals surface area contributed by atoms with E-state index in [-0.39, 0.29) is 0 Å². The van der Waals surface area contributed by atoms with Crippen LogP contribution in [0.5, 0.6) is 0 Å². The fraction of sp³-hybridized carbons (Fsp3) is 0. The Balaban J connectivity index is 1.22. The number of nitrogens with zero attached hydrogens (tertiary/aromatic N) is 4. The van der Waals surface area contributed by atoms with E-state index in [4.69, 9.17) is 19.4 Å². The number of fused-ring (bicyclic) bond motifs is 3. The van der Waals surface area contributed by atoms with Crippen LogP contribution in [0.3, 0.4) is 0 Å². The maximum atomic E-state index is 6.55. The van der Waals surface area contributed by atoms with E-state index in [1.807, 2.05) is 60.7 Å². The fourth-order valence-corrected chi connectivity index (χ4v) is 7.86. The maximum Gasteiger partial charge on any atom is 0.164 e. The molecule has 8 aromatic carbocycles. The van der Waals surface area contributed by atoms with Crippen LogP contribution in [0.1, 0.15) is 0 Å². The zero-order chi connectivity index (χ0) is 32.8. The van der Waals surface area contributed by atoms with Crippen molar-refractivity contribution in [3.63, 3.8) is 0 Å². The highest BCUT2D eigenvalue weighted by Gasteiger charge is 2.23. The van der Waals surface area contributed by atoms with E-state index >= 15 is 0 Å². The van der Waals surface area contributed by atoms with Crippen molar-refractivity contribution in [2.24, 2.45) is 0 Å². The van der Waals surface area contributed by atoms with Crippen molar-refractivity contribution in [2.75, 3.05) is 0 Å². The summed E-state index contributed by atoms with van der Waals surface area (Å²) in [5, 5.41) is 9.59. The quantitative estimate of drug-likeness (QED) is 0.192. The summed E-state index contributed by atoms with van der Waals surface area (Å²) in [6.07, 6.45) is 0. The first-order chi connectivity index (χ1) is 24.8. The smallest absolute Gasteiger partial charge is 0.164 e. The number of benzene rings is 7. The summed E-state index contributed by atoms with van der Waals surface area (Å²) in [7, 11) is 0. The molecule has 0 aliphatic carbocycles. The molecule has 11 rings (SSSR count). The highest BCUT2D eigenvalue weighted by Crippen LogP contribution is 2.47. The van der Waals surface area contributed by atoms with Gasteiger partial charge in [-0.1, -0.05) is 121 Å². The van der Waals surface area contributed by atoms with Crippen molar-refractivity contribution in [3.05, 3.63) is 158 Å². The summed E-state index contributed by atoms with van der Waals surface area (Å²) in [6, 6.07) is 54.9. The Morgan fingerprint density at radius 2 is 0.880 bits per heavy atom. The van der Waals surface area contributed by atoms with Gasteiger partial charge < -0.3 is 8.98 Å². The van der Waals surface area contributed by atoms with Crippen LogP contribution < -0.4 is 0 Å². The summed E-state index contributed by atoms with van der Waals surface area (Å²) in [5.74, 6) is 1.91. The van der Waals surface area contributed by atoms with E-state index in [1.54, 1.807) is 0 Å². The largest absolute Gasteiger partial charge is 0.456 e. The molecule has 0 unspecified atom stereocenters. The van der Waals surface area contributed by atoms with Crippen molar-refractivity contribution < 1.29 is 4.42 Å². The second kappa shape index (κ2) is 10.3. The molecule has 11 aromatic rings. The van der Waals surface area contributed by atoms with Gasteiger partial charge in [-0.2, -0.15) is 0 Å². The van der Waals surface area contributed by atoms with Gasteiger partial charge in [0.2, 0.25) is 0 Å². The van der Waals surface area contributed by atoms with Gasteiger partial charge in [0.15, 0.2) is 17.5 Å². The van der Waals surface area contributed by atoms with Gasteiger partial charge in [0.1, 0.15) is 11.2 Å². The SMILES string of the molecule is c1ccc(-c2nc(-c3ccccc3)nc(-c3cccc(-n4c5cccc6c7ccccc7c7cccc8oc9ccc4c(c9c87)c65)c3)n2)cc1. The third kappa shape index (κ3) is 3.86. The Hall–Kier alpha value is -6.85. The lowest BCUT2D eigenvalue weighted by molar-refractivity contribution is 0.669. The van der Waals surface area contributed by atoms with Crippen molar-refractivity contribution >= 4 is 65.3 Å². The predicted molar refractivity (Wildman–Crippen MR) is 204 cm³/mol. The van der Waals surface area contributed by atoms with Crippen LogP contribution in [0.4, 0.5) is 0 Å². The normalized spacial score (nSPS) is 12.0. The number of furan rings is 1. The first-order valence-electron chi connectivity index (χ1n) is 16.8. The second-order valence-corrected chi connectivity index (χ2v) is 12.8. The van der Waals surface area contributed by atoms with Gasteiger partial charge in [0, 0.05) is 43.9 Å². The number of hydrogen-bond acceptors (Lipinski definition) is 4. The second-order valence-electron chi connectivity index (χ2n) is 12.8. The average Bonchev–Trinajstić information content (AvgIpc) is 3.74. The molecule has 232 valence electrons. The van der Waals surface area contributed by atoms with Crippen molar-refractivity contribution in [3.8, 4) is 39.9 Å². The summed E-state index contributed by atoms with van der Waals surface area (Å²) < 4.78 is 8.92. The van der Waals surface area contributed by atoms with Gasteiger partial charge in [-0.3, -0.25) is 0 Å². The van der Waals surface area contributed by atoms with Gasteiger partial charge in [-0.25, -0.2) is 15.0 Å². The van der Waals surface area contributed by atoms with Gasteiger partial charge in [0.05, 0.1) is 11.0 Å². The highest BCUT2D eigenvalue weighted by atomic mass is 16.3.